The van der Waals surface area contributed by atoms with E-state index in [4.69, 9.17) is 4.74 Å². The quantitative estimate of drug-likeness (QED) is 0.782. The highest BCUT2D eigenvalue weighted by Crippen LogP contribution is 2.26. The molecule has 0 bridgehead atoms. The fourth-order valence-corrected chi connectivity index (χ4v) is 2.26. The van der Waals surface area contributed by atoms with E-state index in [1.54, 1.807) is 12.1 Å². The molecule has 1 aliphatic rings. The third-order valence-electron chi connectivity index (χ3n) is 3.18. The summed E-state index contributed by atoms with van der Waals surface area (Å²) >= 11 is 0. The van der Waals surface area contributed by atoms with Gasteiger partial charge in [-0.2, -0.15) is 13.2 Å². The molecule has 0 saturated carbocycles. The minimum atomic E-state index is -4.41. The van der Waals surface area contributed by atoms with Crippen molar-refractivity contribution in [2.45, 2.75) is 19.0 Å². The summed E-state index contributed by atoms with van der Waals surface area (Å²) in [6.07, 6.45) is -2.42. The molecule has 1 heterocycles. The molecule has 0 fully saturated rings. The Balaban J connectivity index is 2.05. The Morgan fingerprint density at radius 1 is 1.43 bits per heavy atom. The topological polar surface area (TPSA) is 29.5 Å². The van der Waals surface area contributed by atoms with E-state index in [0.29, 0.717) is 12.2 Å². The van der Waals surface area contributed by atoms with Gasteiger partial charge in [0.2, 0.25) is 5.91 Å². The zero-order chi connectivity index (χ0) is 15.5. The Bertz CT molecular complexity index is 540. The summed E-state index contributed by atoms with van der Waals surface area (Å²) in [7, 11) is 0. The second kappa shape index (κ2) is 6.20. The molecule has 0 aromatic heterocycles. The summed E-state index contributed by atoms with van der Waals surface area (Å²) in [6, 6.07) is 5.29. The average molecular weight is 299 g/mol. The van der Waals surface area contributed by atoms with Gasteiger partial charge in [0.1, 0.15) is 12.3 Å². The van der Waals surface area contributed by atoms with Crippen molar-refractivity contribution in [3.05, 3.63) is 42.0 Å². The zero-order valence-electron chi connectivity index (χ0n) is 11.4. The predicted molar refractivity (Wildman–Crippen MR) is 72.2 cm³/mol. The van der Waals surface area contributed by atoms with Crippen molar-refractivity contribution >= 4 is 5.91 Å². The molecule has 0 saturated heterocycles. The molecule has 0 radical (unpaired) electrons. The van der Waals surface area contributed by atoms with Crippen LogP contribution in [0.2, 0.25) is 0 Å². The van der Waals surface area contributed by atoms with Gasteiger partial charge in [-0.25, -0.2) is 0 Å². The first-order chi connectivity index (χ1) is 9.89. The maximum absolute atomic E-state index is 12.5. The SMILES string of the molecule is C=CCN(CC(F)(F)F)C(=O)Cc1ccc2c(c1)CCO2. The van der Waals surface area contributed by atoms with E-state index in [1.807, 2.05) is 6.07 Å². The van der Waals surface area contributed by atoms with Crippen molar-refractivity contribution in [2.24, 2.45) is 0 Å². The molecule has 1 aromatic carbocycles. The highest BCUT2D eigenvalue weighted by Gasteiger charge is 2.32. The van der Waals surface area contributed by atoms with Crippen molar-refractivity contribution in [1.82, 2.24) is 4.90 Å². The summed E-state index contributed by atoms with van der Waals surface area (Å²) in [5, 5.41) is 0. The van der Waals surface area contributed by atoms with E-state index in [1.165, 1.54) is 6.08 Å². The van der Waals surface area contributed by atoms with E-state index in [2.05, 4.69) is 6.58 Å². The lowest BCUT2D eigenvalue weighted by Gasteiger charge is -2.22. The number of fused-ring (bicyclic) bond motifs is 1. The maximum Gasteiger partial charge on any atom is 0.406 e. The first-order valence-corrected chi connectivity index (χ1v) is 6.59. The van der Waals surface area contributed by atoms with Crippen molar-refractivity contribution in [3.8, 4) is 5.75 Å². The third-order valence-corrected chi connectivity index (χ3v) is 3.18. The number of hydrogen-bond donors (Lipinski definition) is 0. The molecule has 0 aliphatic carbocycles. The van der Waals surface area contributed by atoms with Gasteiger partial charge in [-0.15, -0.1) is 6.58 Å². The Labute approximate surface area is 121 Å². The Morgan fingerprint density at radius 3 is 2.86 bits per heavy atom. The molecule has 0 atom stereocenters. The Hall–Kier alpha value is -1.98. The number of carbonyl (C=O) groups is 1. The van der Waals surface area contributed by atoms with Gasteiger partial charge in [0.15, 0.2) is 0 Å². The van der Waals surface area contributed by atoms with E-state index in [-0.39, 0.29) is 13.0 Å². The fourth-order valence-electron chi connectivity index (χ4n) is 2.26. The average Bonchev–Trinajstić information content (AvgIpc) is 2.84. The van der Waals surface area contributed by atoms with Crippen molar-refractivity contribution in [1.29, 1.82) is 0 Å². The Kier molecular flexibility index (Phi) is 4.55. The summed E-state index contributed by atoms with van der Waals surface area (Å²) in [4.78, 5) is 12.8. The zero-order valence-corrected chi connectivity index (χ0v) is 11.4. The van der Waals surface area contributed by atoms with Gasteiger partial charge in [-0.1, -0.05) is 18.2 Å². The van der Waals surface area contributed by atoms with E-state index in [0.717, 1.165) is 22.6 Å². The van der Waals surface area contributed by atoms with Gasteiger partial charge in [-0.05, 0) is 17.2 Å². The first-order valence-electron chi connectivity index (χ1n) is 6.59. The van der Waals surface area contributed by atoms with Gasteiger partial charge >= 0.3 is 6.18 Å². The van der Waals surface area contributed by atoms with Crippen LogP contribution in [0.3, 0.4) is 0 Å². The summed E-state index contributed by atoms with van der Waals surface area (Å²) in [5.41, 5.74) is 1.69. The number of carbonyl (C=O) groups excluding carboxylic acids is 1. The van der Waals surface area contributed by atoms with Crippen molar-refractivity contribution < 1.29 is 22.7 Å². The largest absolute Gasteiger partial charge is 0.493 e. The van der Waals surface area contributed by atoms with Gasteiger partial charge < -0.3 is 9.64 Å². The molecule has 0 unspecified atom stereocenters. The minimum Gasteiger partial charge on any atom is -0.493 e. The predicted octanol–water partition coefficient (Wildman–Crippen LogP) is 2.74. The lowest BCUT2D eigenvalue weighted by Crippen LogP contribution is -2.39. The number of benzene rings is 1. The number of hydrogen-bond acceptors (Lipinski definition) is 2. The number of alkyl halides is 3. The normalized spacial score (nSPS) is 13.5. The number of halogens is 3. The molecule has 6 heteroatoms. The second-order valence-electron chi connectivity index (χ2n) is 4.90. The van der Waals surface area contributed by atoms with E-state index < -0.39 is 18.6 Å². The van der Waals surface area contributed by atoms with Crippen LogP contribution in [0.1, 0.15) is 11.1 Å². The molecule has 114 valence electrons. The van der Waals surface area contributed by atoms with Crippen LogP contribution < -0.4 is 4.74 Å². The molecule has 3 nitrogen and oxygen atoms in total. The lowest BCUT2D eigenvalue weighted by atomic mass is 10.1. The molecule has 21 heavy (non-hydrogen) atoms. The maximum atomic E-state index is 12.5. The number of amides is 1. The smallest absolute Gasteiger partial charge is 0.406 e. The summed E-state index contributed by atoms with van der Waals surface area (Å²) < 4.78 is 42.7. The van der Waals surface area contributed by atoms with Crippen LogP contribution >= 0.6 is 0 Å². The van der Waals surface area contributed by atoms with Crippen molar-refractivity contribution in [2.75, 3.05) is 19.7 Å². The third kappa shape index (κ3) is 4.24. The van der Waals surface area contributed by atoms with Crippen LogP contribution in [0.5, 0.6) is 5.75 Å². The molecular weight excluding hydrogens is 283 g/mol. The molecule has 1 amide bonds. The lowest BCUT2D eigenvalue weighted by molar-refractivity contribution is -0.159. The summed E-state index contributed by atoms with van der Waals surface area (Å²) in [5.74, 6) is 0.218. The number of rotatable bonds is 5. The van der Waals surface area contributed by atoms with E-state index in [9.17, 15) is 18.0 Å². The van der Waals surface area contributed by atoms with Crippen LogP contribution in [-0.4, -0.2) is 36.7 Å². The standard InChI is InChI=1S/C15H16F3NO2/c1-2-6-19(10-15(16,17)18)14(20)9-11-3-4-13-12(8-11)5-7-21-13/h2-4,8H,1,5-7,9-10H2. The van der Waals surface area contributed by atoms with Gasteiger partial charge in [0.05, 0.1) is 13.0 Å². The Morgan fingerprint density at radius 2 is 2.19 bits per heavy atom. The molecular formula is C15H16F3NO2. The molecule has 0 N–H and O–H groups in total. The highest BCUT2D eigenvalue weighted by atomic mass is 19.4. The summed E-state index contributed by atoms with van der Waals surface area (Å²) in [6.45, 7) is 2.61. The van der Waals surface area contributed by atoms with E-state index >= 15 is 0 Å². The van der Waals surface area contributed by atoms with Crippen LogP contribution in [-0.2, 0) is 17.6 Å². The fraction of sp³-hybridized carbons (Fsp3) is 0.400. The molecule has 1 aliphatic heterocycles. The van der Waals surface area contributed by atoms with Crippen LogP contribution in [0.4, 0.5) is 13.2 Å². The minimum absolute atomic E-state index is 0.0583. The molecule has 2 rings (SSSR count). The molecule has 1 aromatic rings. The van der Waals surface area contributed by atoms with Crippen molar-refractivity contribution in [3.63, 3.8) is 0 Å². The van der Waals surface area contributed by atoms with Gasteiger partial charge in [-0.3, -0.25) is 4.79 Å². The van der Waals surface area contributed by atoms with Gasteiger partial charge in [0.25, 0.3) is 0 Å². The number of nitrogens with zero attached hydrogens (tertiary/aromatic N) is 1. The first kappa shape index (κ1) is 15.4. The second-order valence-corrected chi connectivity index (χ2v) is 4.90. The monoisotopic (exact) mass is 299 g/mol. The van der Waals surface area contributed by atoms with Crippen LogP contribution in [0, 0.1) is 0 Å². The molecule has 0 spiro atoms. The van der Waals surface area contributed by atoms with Crippen LogP contribution in [0.25, 0.3) is 0 Å². The van der Waals surface area contributed by atoms with Gasteiger partial charge in [0, 0.05) is 13.0 Å². The van der Waals surface area contributed by atoms with Crippen LogP contribution in [0.15, 0.2) is 30.9 Å². The number of ether oxygens (including phenoxy) is 1. The highest BCUT2D eigenvalue weighted by molar-refractivity contribution is 5.79.